The van der Waals surface area contributed by atoms with Gasteiger partial charge in [0.05, 0.1) is 18.6 Å². The van der Waals surface area contributed by atoms with Crippen LogP contribution in [0, 0.1) is 5.41 Å². The molecule has 0 aliphatic carbocycles. The Morgan fingerprint density at radius 3 is 2.69 bits per heavy atom. The lowest BCUT2D eigenvalue weighted by molar-refractivity contribution is -0.160. The SMILES string of the molecule is CCOC(=O)[C@]1(CCOc2ccccc2)CCCN(Cc2cccn2-c2ncccn2)C1. The van der Waals surface area contributed by atoms with Crippen LogP contribution < -0.4 is 4.74 Å². The molecule has 7 heteroatoms. The lowest BCUT2D eigenvalue weighted by Crippen LogP contribution is -2.49. The highest BCUT2D eigenvalue weighted by Gasteiger charge is 2.43. The maximum absolute atomic E-state index is 13.1. The van der Waals surface area contributed by atoms with E-state index in [1.54, 1.807) is 12.4 Å². The summed E-state index contributed by atoms with van der Waals surface area (Å²) in [6, 6.07) is 15.6. The second-order valence-corrected chi connectivity index (χ2v) is 8.14. The summed E-state index contributed by atoms with van der Waals surface area (Å²) in [5, 5.41) is 0. The van der Waals surface area contributed by atoms with Crippen LogP contribution in [0.5, 0.6) is 5.75 Å². The first kappa shape index (κ1) is 22.0. The summed E-state index contributed by atoms with van der Waals surface area (Å²) in [4.78, 5) is 24.1. The molecule has 0 unspecified atom stereocenters. The lowest BCUT2D eigenvalue weighted by atomic mass is 9.77. The van der Waals surface area contributed by atoms with Crippen LogP contribution in [0.25, 0.3) is 5.95 Å². The molecule has 4 rings (SSSR count). The van der Waals surface area contributed by atoms with Crippen molar-refractivity contribution >= 4 is 5.97 Å². The van der Waals surface area contributed by atoms with Crippen molar-refractivity contribution in [3.8, 4) is 11.7 Å². The van der Waals surface area contributed by atoms with E-state index in [0.717, 1.165) is 30.8 Å². The predicted octanol–water partition coefficient (Wildman–Crippen LogP) is 3.88. The van der Waals surface area contributed by atoms with Crippen molar-refractivity contribution in [2.75, 3.05) is 26.3 Å². The molecule has 2 aromatic heterocycles. The Bertz CT molecular complexity index is 993. The van der Waals surface area contributed by atoms with Crippen molar-refractivity contribution in [1.82, 2.24) is 19.4 Å². The van der Waals surface area contributed by atoms with E-state index in [2.05, 4.69) is 20.9 Å². The van der Waals surface area contributed by atoms with E-state index in [0.29, 0.717) is 38.7 Å². The molecule has 0 N–H and O–H groups in total. The third-order valence-corrected chi connectivity index (χ3v) is 5.94. The topological polar surface area (TPSA) is 69.5 Å². The van der Waals surface area contributed by atoms with Gasteiger partial charge in [-0.15, -0.1) is 0 Å². The van der Waals surface area contributed by atoms with E-state index >= 15 is 0 Å². The number of aromatic nitrogens is 3. The fraction of sp³-hybridized carbons (Fsp3) is 0.400. The Morgan fingerprint density at radius 1 is 1.09 bits per heavy atom. The smallest absolute Gasteiger partial charge is 0.313 e. The summed E-state index contributed by atoms with van der Waals surface area (Å²) in [5.74, 6) is 1.35. The molecule has 1 atom stereocenters. The van der Waals surface area contributed by atoms with Gasteiger partial charge in [-0.05, 0) is 63.1 Å². The zero-order valence-electron chi connectivity index (χ0n) is 18.5. The Balaban J connectivity index is 1.47. The number of ether oxygens (including phenoxy) is 2. The van der Waals surface area contributed by atoms with E-state index in [4.69, 9.17) is 9.47 Å². The largest absolute Gasteiger partial charge is 0.494 e. The van der Waals surface area contributed by atoms with Crippen molar-refractivity contribution < 1.29 is 14.3 Å². The number of benzene rings is 1. The van der Waals surface area contributed by atoms with Crippen LogP contribution in [0.1, 0.15) is 31.9 Å². The Hall–Kier alpha value is -3.19. The van der Waals surface area contributed by atoms with E-state index in [1.807, 2.05) is 60.2 Å². The summed E-state index contributed by atoms with van der Waals surface area (Å²) >= 11 is 0. The summed E-state index contributed by atoms with van der Waals surface area (Å²) in [5.41, 5.74) is 0.528. The van der Waals surface area contributed by atoms with Gasteiger partial charge in [0.15, 0.2) is 0 Å². The summed E-state index contributed by atoms with van der Waals surface area (Å²) < 4.78 is 13.5. The van der Waals surface area contributed by atoms with Crippen LogP contribution in [-0.2, 0) is 16.1 Å². The van der Waals surface area contributed by atoms with Gasteiger partial charge in [-0.2, -0.15) is 0 Å². The first-order chi connectivity index (χ1) is 15.7. The predicted molar refractivity (Wildman–Crippen MR) is 121 cm³/mol. The van der Waals surface area contributed by atoms with Gasteiger partial charge in [-0.1, -0.05) is 18.2 Å². The summed E-state index contributed by atoms with van der Waals surface area (Å²) in [6.07, 6.45) is 7.83. The highest BCUT2D eigenvalue weighted by molar-refractivity contribution is 5.77. The van der Waals surface area contributed by atoms with Crippen LogP contribution in [0.3, 0.4) is 0 Å². The molecule has 1 fully saturated rings. The molecule has 1 aliphatic heterocycles. The molecule has 0 saturated carbocycles. The second-order valence-electron chi connectivity index (χ2n) is 8.14. The van der Waals surface area contributed by atoms with Crippen molar-refractivity contribution in [3.63, 3.8) is 0 Å². The number of carbonyl (C=O) groups excluding carboxylic acids is 1. The Labute approximate surface area is 189 Å². The zero-order chi connectivity index (χ0) is 22.2. The number of likely N-dealkylation sites (tertiary alicyclic amines) is 1. The van der Waals surface area contributed by atoms with Crippen molar-refractivity contribution in [2.24, 2.45) is 5.41 Å². The fourth-order valence-electron chi connectivity index (χ4n) is 4.38. The van der Waals surface area contributed by atoms with Gasteiger partial charge in [0.25, 0.3) is 0 Å². The standard InChI is InChI=1S/C25H30N4O3/c1-2-31-23(30)25(13-18-32-22-10-4-3-5-11-22)12-7-16-28(20-25)19-21-9-6-17-29(21)24-26-14-8-15-27-24/h3-6,8-11,14-15,17H,2,7,12-13,16,18-20H2,1H3/t25-/m0/s1. The van der Waals surface area contributed by atoms with Crippen LogP contribution >= 0.6 is 0 Å². The van der Waals surface area contributed by atoms with Crippen LogP contribution in [0.4, 0.5) is 0 Å². The highest BCUT2D eigenvalue weighted by atomic mass is 16.5. The van der Waals surface area contributed by atoms with E-state index in [1.165, 1.54) is 0 Å². The molecule has 1 aliphatic rings. The van der Waals surface area contributed by atoms with Gasteiger partial charge in [-0.25, -0.2) is 9.97 Å². The average Bonchev–Trinajstić information content (AvgIpc) is 3.29. The molecule has 0 radical (unpaired) electrons. The van der Waals surface area contributed by atoms with Crippen molar-refractivity contribution in [1.29, 1.82) is 0 Å². The zero-order valence-corrected chi connectivity index (χ0v) is 18.5. The van der Waals surface area contributed by atoms with Gasteiger partial charge < -0.3 is 9.47 Å². The monoisotopic (exact) mass is 434 g/mol. The molecule has 0 bridgehead atoms. The van der Waals surface area contributed by atoms with Gasteiger partial charge >= 0.3 is 5.97 Å². The maximum Gasteiger partial charge on any atom is 0.313 e. The van der Waals surface area contributed by atoms with Crippen LogP contribution in [-0.4, -0.2) is 51.7 Å². The van der Waals surface area contributed by atoms with Crippen molar-refractivity contribution in [3.05, 3.63) is 72.8 Å². The molecule has 0 amide bonds. The summed E-state index contributed by atoms with van der Waals surface area (Å²) in [6.45, 7) is 5.01. The third kappa shape index (κ3) is 5.16. The Kier molecular flexibility index (Phi) is 7.17. The third-order valence-electron chi connectivity index (χ3n) is 5.94. The average molecular weight is 435 g/mol. The molecule has 1 aromatic carbocycles. The number of hydrogen-bond donors (Lipinski definition) is 0. The number of rotatable bonds is 9. The molecule has 3 aromatic rings. The number of piperidine rings is 1. The minimum absolute atomic E-state index is 0.122. The maximum atomic E-state index is 13.1. The number of nitrogens with zero attached hydrogens (tertiary/aromatic N) is 4. The molecule has 168 valence electrons. The van der Waals surface area contributed by atoms with E-state index in [9.17, 15) is 4.79 Å². The number of esters is 1. The number of carbonyl (C=O) groups is 1. The normalized spacial score (nSPS) is 18.9. The highest BCUT2D eigenvalue weighted by Crippen LogP contribution is 2.36. The molecular formula is C25H30N4O3. The van der Waals surface area contributed by atoms with Gasteiger partial charge in [-0.3, -0.25) is 14.3 Å². The van der Waals surface area contributed by atoms with E-state index < -0.39 is 5.41 Å². The minimum atomic E-state index is -0.566. The molecule has 32 heavy (non-hydrogen) atoms. The number of hydrogen-bond acceptors (Lipinski definition) is 6. The molecular weight excluding hydrogens is 404 g/mol. The molecule has 0 spiro atoms. The van der Waals surface area contributed by atoms with E-state index in [-0.39, 0.29) is 5.97 Å². The molecule has 7 nitrogen and oxygen atoms in total. The van der Waals surface area contributed by atoms with Gasteiger partial charge in [0, 0.05) is 37.4 Å². The summed E-state index contributed by atoms with van der Waals surface area (Å²) in [7, 11) is 0. The van der Waals surface area contributed by atoms with Gasteiger partial charge in [0.2, 0.25) is 5.95 Å². The Morgan fingerprint density at radius 2 is 1.91 bits per heavy atom. The number of para-hydroxylation sites is 1. The fourth-order valence-corrected chi connectivity index (χ4v) is 4.38. The first-order valence-corrected chi connectivity index (χ1v) is 11.2. The van der Waals surface area contributed by atoms with Crippen LogP contribution in [0.15, 0.2) is 67.1 Å². The second kappa shape index (κ2) is 10.4. The molecule has 1 saturated heterocycles. The van der Waals surface area contributed by atoms with Gasteiger partial charge in [0.1, 0.15) is 5.75 Å². The first-order valence-electron chi connectivity index (χ1n) is 11.2. The van der Waals surface area contributed by atoms with Crippen LogP contribution in [0.2, 0.25) is 0 Å². The lowest BCUT2D eigenvalue weighted by Gasteiger charge is -2.41. The molecule has 3 heterocycles. The minimum Gasteiger partial charge on any atom is -0.494 e. The van der Waals surface area contributed by atoms with Crippen molar-refractivity contribution in [2.45, 2.75) is 32.7 Å². The quantitative estimate of drug-likeness (QED) is 0.476.